The average molecular weight is 440 g/mol. The second kappa shape index (κ2) is 9.21. The smallest absolute Gasteiger partial charge is 0.488 e. The summed E-state index contributed by atoms with van der Waals surface area (Å²) in [7, 11) is 0. The first-order valence-corrected chi connectivity index (χ1v) is 10.2. The van der Waals surface area contributed by atoms with Crippen molar-refractivity contribution < 1.29 is 28.2 Å². The second-order valence-electron chi connectivity index (χ2n) is 7.66. The average Bonchev–Trinajstić information content (AvgIpc) is 2.74. The van der Waals surface area contributed by atoms with Crippen molar-refractivity contribution in [2.45, 2.75) is 32.9 Å². The van der Waals surface area contributed by atoms with E-state index in [9.17, 15) is 13.6 Å². The van der Waals surface area contributed by atoms with Crippen LogP contribution in [0, 0.1) is 18.6 Å². The van der Waals surface area contributed by atoms with Gasteiger partial charge in [-0.25, -0.2) is 13.6 Å². The first-order valence-electron chi connectivity index (χ1n) is 10.2. The number of halogens is 2. The van der Waals surface area contributed by atoms with E-state index in [1.54, 1.807) is 6.20 Å². The number of nitrogens with zero attached hydrogens (tertiary/aromatic N) is 2. The summed E-state index contributed by atoms with van der Waals surface area (Å²) in [5.41, 5.74) is 3.81. The standard InChI is InChI=1S/C24H22F2N2O4/c1-15-4-7-22(31-14-16-5-6-18(25)10-20(16)26)17(9-15)13-28-8-2-3-19-21(28)11-27-12-23(19)32-24(29)30/h4-7,9-12H,2-3,8,13-14H2,1H3,(H,29,30). The van der Waals surface area contributed by atoms with E-state index in [-0.39, 0.29) is 17.9 Å². The number of fused-ring (bicyclic) bond motifs is 1. The van der Waals surface area contributed by atoms with Gasteiger partial charge in [-0.05, 0) is 38.0 Å². The van der Waals surface area contributed by atoms with Crippen LogP contribution >= 0.6 is 0 Å². The highest BCUT2D eigenvalue weighted by molar-refractivity contribution is 5.66. The largest absolute Gasteiger partial charge is 0.511 e. The fourth-order valence-corrected chi connectivity index (χ4v) is 3.87. The van der Waals surface area contributed by atoms with Gasteiger partial charge in [0.15, 0.2) is 5.75 Å². The Morgan fingerprint density at radius 1 is 1.12 bits per heavy atom. The molecule has 32 heavy (non-hydrogen) atoms. The fourth-order valence-electron chi connectivity index (χ4n) is 3.87. The van der Waals surface area contributed by atoms with E-state index >= 15 is 0 Å². The number of carbonyl (C=O) groups is 1. The molecule has 1 aliphatic heterocycles. The minimum absolute atomic E-state index is 0.0308. The number of ether oxygens (including phenoxy) is 2. The van der Waals surface area contributed by atoms with Crippen LogP contribution < -0.4 is 14.4 Å². The first-order chi connectivity index (χ1) is 15.4. The molecule has 0 bridgehead atoms. The molecule has 0 amide bonds. The quantitative estimate of drug-likeness (QED) is 0.528. The molecule has 1 N–H and O–H groups in total. The van der Waals surface area contributed by atoms with Crippen LogP contribution in [0.2, 0.25) is 0 Å². The van der Waals surface area contributed by atoms with Crippen LogP contribution in [0.5, 0.6) is 11.5 Å². The van der Waals surface area contributed by atoms with Crippen molar-refractivity contribution in [1.29, 1.82) is 0 Å². The Hall–Kier alpha value is -3.68. The molecular formula is C24H22F2N2O4. The number of benzene rings is 2. The summed E-state index contributed by atoms with van der Waals surface area (Å²) >= 11 is 0. The Labute approximate surface area is 184 Å². The maximum absolute atomic E-state index is 14.0. The van der Waals surface area contributed by atoms with Crippen molar-refractivity contribution in [3.8, 4) is 11.5 Å². The van der Waals surface area contributed by atoms with E-state index in [0.717, 1.165) is 41.4 Å². The molecule has 0 fully saturated rings. The predicted octanol–water partition coefficient (Wildman–Crippen LogP) is 5.26. The summed E-state index contributed by atoms with van der Waals surface area (Å²) < 4.78 is 38.0. The van der Waals surface area contributed by atoms with Crippen LogP contribution in [0.25, 0.3) is 0 Å². The van der Waals surface area contributed by atoms with Crippen molar-refractivity contribution in [3.63, 3.8) is 0 Å². The SMILES string of the molecule is Cc1ccc(OCc2ccc(F)cc2F)c(CN2CCCc3c(OC(=O)O)cncc32)c1. The lowest BCUT2D eigenvalue weighted by molar-refractivity contribution is 0.144. The van der Waals surface area contributed by atoms with Crippen LogP contribution in [0.3, 0.4) is 0 Å². The monoisotopic (exact) mass is 440 g/mol. The van der Waals surface area contributed by atoms with Gasteiger partial charge in [0.05, 0.1) is 18.1 Å². The number of pyridine rings is 1. The van der Waals surface area contributed by atoms with Crippen molar-refractivity contribution in [1.82, 2.24) is 4.98 Å². The molecule has 2 heterocycles. The molecular weight excluding hydrogens is 418 g/mol. The number of hydrogen-bond acceptors (Lipinski definition) is 5. The molecule has 0 radical (unpaired) electrons. The number of anilines is 1. The highest BCUT2D eigenvalue weighted by Gasteiger charge is 2.23. The lowest BCUT2D eigenvalue weighted by atomic mass is 10.0. The molecule has 6 nitrogen and oxygen atoms in total. The maximum atomic E-state index is 14.0. The zero-order valence-corrected chi connectivity index (χ0v) is 17.5. The maximum Gasteiger partial charge on any atom is 0.511 e. The van der Waals surface area contributed by atoms with Gasteiger partial charge in [0.25, 0.3) is 0 Å². The van der Waals surface area contributed by atoms with Crippen LogP contribution in [0.1, 0.15) is 28.7 Å². The zero-order chi connectivity index (χ0) is 22.7. The Balaban J connectivity index is 1.58. The lowest BCUT2D eigenvalue weighted by Gasteiger charge is -2.32. The Kier molecular flexibility index (Phi) is 6.20. The number of aryl methyl sites for hydroxylation is 1. The molecule has 8 heteroatoms. The third-order valence-corrected chi connectivity index (χ3v) is 5.36. The van der Waals surface area contributed by atoms with Crippen molar-refractivity contribution >= 4 is 11.8 Å². The van der Waals surface area contributed by atoms with Crippen LogP contribution in [0.15, 0.2) is 48.8 Å². The van der Waals surface area contributed by atoms with Gasteiger partial charge in [0, 0.05) is 35.8 Å². The fraction of sp³-hybridized carbons (Fsp3) is 0.250. The molecule has 2 aromatic carbocycles. The van der Waals surface area contributed by atoms with Gasteiger partial charge in [-0.3, -0.25) is 4.98 Å². The van der Waals surface area contributed by atoms with Crippen LogP contribution in [-0.4, -0.2) is 22.8 Å². The van der Waals surface area contributed by atoms with E-state index in [4.69, 9.17) is 14.6 Å². The van der Waals surface area contributed by atoms with Crippen molar-refractivity contribution in [2.75, 3.05) is 11.4 Å². The minimum atomic E-state index is -1.38. The van der Waals surface area contributed by atoms with Gasteiger partial charge in [-0.2, -0.15) is 0 Å². The molecule has 166 valence electrons. The number of aromatic nitrogens is 1. The Bertz CT molecular complexity index is 1150. The van der Waals surface area contributed by atoms with E-state index in [0.29, 0.717) is 18.7 Å². The number of rotatable bonds is 6. The van der Waals surface area contributed by atoms with E-state index < -0.39 is 17.8 Å². The summed E-state index contributed by atoms with van der Waals surface area (Å²) in [5, 5.41) is 9.00. The van der Waals surface area contributed by atoms with Crippen molar-refractivity contribution in [3.05, 3.63) is 82.7 Å². The minimum Gasteiger partial charge on any atom is -0.488 e. The molecule has 0 atom stereocenters. The summed E-state index contributed by atoms with van der Waals surface area (Å²) in [6, 6.07) is 9.14. The van der Waals surface area contributed by atoms with Gasteiger partial charge in [0.2, 0.25) is 0 Å². The summed E-state index contributed by atoms with van der Waals surface area (Å²) in [6.45, 7) is 3.19. The van der Waals surface area contributed by atoms with Gasteiger partial charge < -0.3 is 19.5 Å². The van der Waals surface area contributed by atoms with E-state index in [2.05, 4.69) is 9.88 Å². The number of hydrogen-bond donors (Lipinski definition) is 1. The molecule has 0 unspecified atom stereocenters. The van der Waals surface area contributed by atoms with Gasteiger partial charge in [0.1, 0.15) is 24.0 Å². The Morgan fingerprint density at radius 3 is 2.75 bits per heavy atom. The summed E-state index contributed by atoms with van der Waals surface area (Å²) in [4.78, 5) is 17.3. The molecule has 1 aliphatic rings. The van der Waals surface area contributed by atoms with Gasteiger partial charge in [-0.15, -0.1) is 0 Å². The zero-order valence-electron chi connectivity index (χ0n) is 17.5. The Morgan fingerprint density at radius 2 is 1.97 bits per heavy atom. The molecule has 0 spiro atoms. The predicted molar refractivity (Wildman–Crippen MR) is 114 cm³/mol. The molecule has 0 saturated carbocycles. The third kappa shape index (κ3) is 4.80. The number of carboxylic acid groups (broad SMARTS) is 1. The normalized spacial score (nSPS) is 12.9. The summed E-state index contributed by atoms with van der Waals surface area (Å²) in [6.07, 6.45) is 3.26. The van der Waals surface area contributed by atoms with E-state index in [1.807, 2.05) is 25.1 Å². The second-order valence-corrected chi connectivity index (χ2v) is 7.66. The summed E-state index contributed by atoms with van der Waals surface area (Å²) in [5.74, 6) is -0.448. The topological polar surface area (TPSA) is 71.9 Å². The highest BCUT2D eigenvalue weighted by atomic mass is 19.1. The van der Waals surface area contributed by atoms with E-state index in [1.165, 1.54) is 18.3 Å². The van der Waals surface area contributed by atoms with Gasteiger partial charge in [-0.1, -0.05) is 17.7 Å². The molecule has 1 aromatic heterocycles. The highest BCUT2D eigenvalue weighted by Crippen LogP contribution is 2.35. The molecule has 4 rings (SSSR count). The van der Waals surface area contributed by atoms with Crippen molar-refractivity contribution in [2.24, 2.45) is 0 Å². The van der Waals surface area contributed by atoms with Gasteiger partial charge >= 0.3 is 6.16 Å². The molecule has 0 saturated heterocycles. The molecule has 3 aromatic rings. The lowest BCUT2D eigenvalue weighted by Crippen LogP contribution is -2.29. The third-order valence-electron chi connectivity index (χ3n) is 5.36. The molecule has 0 aliphatic carbocycles. The van der Waals surface area contributed by atoms with Crippen LogP contribution in [0.4, 0.5) is 19.3 Å². The van der Waals surface area contributed by atoms with Crippen LogP contribution in [-0.2, 0) is 19.6 Å². The first kappa shape index (κ1) is 21.5.